The summed E-state index contributed by atoms with van der Waals surface area (Å²) in [5, 5.41) is 0.904. The Kier molecular flexibility index (Phi) is 6.23. The van der Waals surface area contributed by atoms with E-state index in [0.29, 0.717) is 43.9 Å². The van der Waals surface area contributed by atoms with Crippen molar-refractivity contribution < 1.29 is 23.8 Å². The molecule has 2 rings (SSSR count). The van der Waals surface area contributed by atoms with E-state index in [-0.39, 0.29) is 5.97 Å². The molecule has 0 bridgehead atoms. The number of methoxy groups -OCH3 is 1. The molecular weight excluding hydrogens is 310 g/mol. The Morgan fingerprint density at radius 3 is 2.54 bits per heavy atom. The monoisotopic (exact) mass is 333 g/mol. The quantitative estimate of drug-likeness (QED) is 0.750. The number of hydrogen-bond donors (Lipinski definition) is 1. The number of aromatic nitrogens is 1. The molecule has 0 aliphatic carbocycles. The Labute approximate surface area is 141 Å². The van der Waals surface area contributed by atoms with Crippen LogP contribution in [0, 0.1) is 0 Å². The fourth-order valence-electron chi connectivity index (χ4n) is 2.70. The van der Waals surface area contributed by atoms with Gasteiger partial charge in [0.25, 0.3) is 0 Å². The van der Waals surface area contributed by atoms with Crippen molar-refractivity contribution in [2.45, 2.75) is 33.1 Å². The molecule has 0 atom stereocenters. The maximum absolute atomic E-state index is 12.2. The van der Waals surface area contributed by atoms with Crippen molar-refractivity contribution in [3.63, 3.8) is 0 Å². The average Bonchev–Trinajstić information content (AvgIpc) is 2.94. The summed E-state index contributed by atoms with van der Waals surface area (Å²) >= 11 is 0. The summed E-state index contributed by atoms with van der Waals surface area (Å²) in [5.74, 6) is 0.0317. The molecule has 1 heterocycles. The van der Waals surface area contributed by atoms with Crippen molar-refractivity contribution in [1.29, 1.82) is 0 Å². The first-order valence-corrected chi connectivity index (χ1v) is 8.12. The predicted octanol–water partition coefficient (Wildman–Crippen LogP) is 3.24. The van der Waals surface area contributed by atoms with Gasteiger partial charge in [0, 0.05) is 11.8 Å². The SMILES string of the molecule is CCOC(=O)CCCc1c(C(=O)OCC)[nH]c2c(OC)cccc12. The predicted molar refractivity (Wildman–Crippen MR) is 90.4 cm³/mol. The van der Waals surface area contributed by atoms with Gasteiger partial charge in [0.05, 0.1) is 25.8 Å². The van der Waals surface area contributed by atoms with Crippen molar-refractivity contribution in [3.8, 4) is 5.75 Å². The number of carbonyl (C=O) groups is 2. The molecule has 0 saturated heterocycles. The Morgan fingerprint density at radius 1 is 1.12 bits per heavy atom. The molecule has 0 fully saturated rings. The van der Waals surface area contributed by atoms with E-state index in [1.807, 2.05) is 18.2 Å². The minimum Gasteiger partial charge on any atom is -0.495 e. The van der Waals surface area contributed by atoms with Gasteiger partial charge in [-0.3, -0.25) is 4.79 Å². The Morgan fingerprint density at radius 2 is 1.88 bits per heavy atom. The van der Waals surface area contributed by atoms with E-state index in [4.69, 9.17) is 14.2 Å². The summed E-state index contributed by atoms with van der Waals surface area (Å²) in [7, 11) is 1.58. The molecule has 0 aliphatic heterocycles. The highest BCUT2D eigenvalue weighted by Gasteiger charge is 2.20. The number of rotatable bonds is 8. The molecule has 2 aromatic rings. The summed E-state index contributed by atoms with van der Waals surface area (Å²) in [5.41, 5.74) is 2.01. The molecule has 24 heavy (non-hydrogen) atoms. The van der Waals surface area contributed by atoms with Gasteiger partial charge in [-0.2, -0.15) is 0 Å². The van der Waals surface area contributed by atoms with Crippen LogP contribution in [-0.4, -0.2) is 37.2 Å². The number of hydrogen-bond acceptors (Lipinski definition) is 5. The first kappa shape index (κ1) is 17.8. The van der Waals surface area contributed by atoms with Crippen LogP contribution in [0.3, 0.4) is 0 Å². The van der Waals surface area contributed by atoms with Crippen molar-refractivity contribution >= 4 is 22.8 Å². The molecule has 0 spiro atoms. The average molecular weight is 333 g/mol. The van der Waals surface area contributed by atoms with Gasteiger partial charge in [-0.25, -0.2) is 4.79 Å². The van der Waals surface area contributed by atoms with Crippen molar-refractivity contribution in [1.82, 2.24) is 4.98 Å². The topological polar surface area (TPSA) is 77.6 Å². The number of benzene rings is 1. The molecule has 6 heteroatoms. The zero-order chi connectivity index (χ0) is 17.5. The van der Waals surface area contributed by atoms with Crippen LogP contribution in [0.15, 0.2) is 18.2 Å². The lowest BCUT2D eigenvalue weighted by Crippen LogP contribution is -2.09. The third-order valence-corrected chi connectivity index (χ3v) is 3.72. The molecule has 6 nitrogen and oxygen atoms in total. The second kappa shape index (κ2) is 8.38. The van der Waals surface area contributed by atoms with E-state index in [1.165, 1.54) is 0 Å². The lowest BCUT2D eigenvalue weighted by atomic mass is 10.0. The fourth-order valence-corrected chi connectivity index (χ4v) is 2.70. The van der Waals surface area contributed by atoms with Crippen LogP contribution in [0.4, 0.5) is 0 Å². The molecule has 1 aromatic carbocycles. The Bertz CT molecular complexity index is 720. The first-order chi connectivity index (χ1) is 11.6. The lowest BCUT2D eigenvalue weighted by Gasteiger charge is -2.05. The number of esters is 2. The number of fused-ring (bicyclic) bond motifs is 1. The van der Waals surface area contributed by atoms with E-state index in [1.54, 1.807) is 21.0 Å². The summed E-state index contributed by atoms with van der Waals surface area (Å²) in [4.78, 5) is 26.9. The zero-order valence-electron chi connectivity index (χ0n) is 14.3. The van der Waals surface area contributed by atoms with Crippen LogP contribution in [0.2, 0.25) is 0 Å². The van der Waals surface area contributed by atoms with Gasteiger partial charge in [0.15, 0.2) is 0 Å². The van der Waals surface area contributed by atoms with Crippen LogP contribution >= 0.6 is 0 Å². The molecule has 130 valence electrons. The highest BCUT2D eigenvalue weighted by Crippen LogP contribution is 2.31. The number of H-pyrrole nitrogens is 1. The minimum atomic E-state index is -0.401. The van der Waals surface area contributed by atoms with E-state index in [2.05, 4.69) is 4.98 Å². The van der Waals surface area contributed by atoms with Crippen molar-refractivity contribution in [2.24, 2.45) is 0 Å². The molecule has 0 unspecified atom stereocenters. The van der Waals surface area contributed by atoms with Crippen LogP contribution in [-0.2, 0) is 20.7 Å². The molecular formula is C18H23NO5. The number of ether oxygens (including phenoxy) is 3. The van der Waals surface area contributed by atoms with Gasteiger partial charge in [-0.15, -0.1) is 0 Å². The third kappa shape index (κ3) is 3.88. The highest BCUT2D eigenvalue weighted by molar-refractivity contribution is 6.00. The summed E-state index contributed by atoms with van der Waals surface area (Å²) < 4.78 is 15.4. The number of para-hydroxylation sites is 1. The lowest BCUT2D eigenvalue weighted by molar-refractivity contribution is -0.143. The van der Waals surface area contributed by atoms with Gasteiger partial charge >= 0.3 is 11.9 Å². The molecule has 1 aromatic heterocycles. The van der Waals surface area contributed by atoms with E-state index >= 15 is 0 Å². The third-order valence-electron chi connectivity index (χ3n) is 3.72. The highest BCUT2D eigenvalue weighted by atomic mass is 16.5. The second-order valence-corrected chi connectivity index (χ2v) is 5.24. The van der Waals surface area contributed by atoms with Crippen LogP contribution in [0.1, 0.15) is 42.7 Å². The van der Waals surface area contributed by atoms with Crippen LogP contribution < -0.4 is 4.74 Å². The van der Waals surface area contributed by atoms with E-state index < -0.39 is 5.97 Å². The fraction of sp³-hybridized carbons (Fsp3) is 0.444. The maximum Gasteiger partial charge on any atom is 0.355 e. The van der Waals surface area contributed by atoms with Gasteiger partial charge in [0.1, 0.15) is 11.4 Å². The number of aromatic amines is 1. The second-order valence-electron chi connectivity index (χ2n) is 5.24. The largest absolute Gasteiger partial charge is 0.495 e. The van der Waals surface area contributed by atoms with Crippen molar-refractivity contribution in [3.05, 3.63) is 29.5 Å². The van der Waals surface area contributed by atoms with Crippen LogP contribution in [0.5, 0.6) is 5.75 Å². The van der Waals surface area contributed by atoms with Crippen molar-refractivity contribution in [2.75, 3.05) is 20.3 Å². The Balaban J connectivity index is 2.32. The zero-order valence-corrected chi connectivity index (χ0v) is 14.3. The van der Waals surface area contributed by atoms with Gasteiger partial charge in [0.2, 0.25) is 0 Å². The normalized spacial score (nSPS) is 10.6. The standard InChI is InChI=1S/C18H23NO5/c1-4-23-15(20)11-7-9-13-12-8-6-10-14(22-3)16(12)19-17(13)18(21)24-5-2/h6,8,10,19H,4-5,7,9,11H2,1-3H3. The van der Waals surface area contributed by atoms with Crippen LogP contribution in [0.25, 0.3) is 10.9 Å². The molecule has 0 aliphatic rings. The summed E-state index contributed by atoms with van der Waals surface area (Å²) in [6.45, 7) is 4.22. The van der Waals surface area contributed by atoms with E-state index in [9.17, 15) is 9.59 Å². The number of aryl methyl sites for hydroxylation is 1. The van der Waals surface area contributed by atoms with Gasteiger partial charge in [-0.05, 0) is 38.3 Å². The maximum atomic E-state index is 12.2. The smallest absolute Gasteiger partial charge is 0.355 e. The van der Waals surface area contributed by atoms with Gasteiger partial charge < -0.3 is 19.2 Å². The minimum absolute atomic E-state index is 0.229. The number of carbonyl (C=O) groups excluding carboxylic acids is 2. The van der Waals surface area contributed by atoms with E-state index in [0.717, 1.165) is 16.5 Å². The summed E-state index contributed by atoms with van der Waals surface area (Å²) in [6.07, 6.45) is 1.47. The first-order valence-electron chi connectivity index (χ1n) is 8.12. The molecule has 0 saturated carbocycles. The molecule has 0 amide bonds. The molecule has 1 N–H and O–H groups in total. The summed E-state index contributed by atoms with van der Waals surface area (Å²) in [6, 6.07) is 5.63. The Hall–Kier alpha value is -2.50. The van der Waals surface area contributed by atoms with Gasteiger partial charge in [-0.1, -0.05) is 12.1 Å². The molecule has 0 radical (unpaired) electrons. The number of nitrogens with one attached hydrogen (secondary N) is 1.